The quantitative estimate of drug-likeness (QED) is 0.654. The molecule has 0 unspecified atom stereocenters. The summed E-state index contributed by atoms with van der Waals surface area (Å²) in [4.78, 5) is 15.4. The Kier molecular flexibility index (Phi) is 6.96. The van der Waals surface area contributed by atoms with Crippen molar-refractivity contribution in [2.75, 3.05) is 27.9 Å². The lowest BCUT2D eigenvalue weighted by Crippen LogP contribution is -2.40. The Morgan fingerprint density at radius 2 is 1.59 bits per heavy atom. The Morgan fingerprint density at radius 3 is 2.10 bits per heavy atom. The summed E-state index contributed by atoms with van der Waals surface area (Å²) >= 11 is 0. The van der Waals surface area contributed by atoms with Crippen LogP contribution in [0, 0.1) is 5.82 Å². The average Bonchev–Trinajstić information content (AvgIpc) is 3.28. The monoisotopic (exact) mass is 401 g/mol. The molecule has 0 saturated heterocycles. The van der Waals surface area contributed by atoms with E-state index in [-0.39, 0.29) is 17.8 Å². The van der Waals surface area contributed by atoms with Crippen molar-refractivity contribution in [2.24, 2.45) is 0 Å². The summed E-state index contributed by atoms with van der Waals surface area (Å²) in [6.45, 7) is 0.575. The number of rotatable bonds is 8. The summed E-state index contributed by atoms with van der Waals surface area (Å²) < 4.78 is 29.4. The third kappa shape index (κ3) is 4.81. The molecule has 1 fully saturated rings. The molecule has 0 aromatic heterocycles. The van der Waals surface area contributed by atoms with Crippen molar-refractivity contribution in [3.05, 3.63) is 53.3 Å². The highest BCUT2D eigenvalue weighted by molar-refractivity contribution is 5.96. The van der Waals surface area contributed by atoms with Crippen LogP contribution >= 0.6 is 0 Å². The topological polar surface area (TPSA) is 48.0 Å². The number of benzene rings is 2. The molecule has 1 aliphatic rings. The fourth-order valence-corrected chi connectivity index (χ4v) is 3.94. The Morgan fingerprint density at radius 1 is 1.00 bits per heavy atom. The molecule has 29 heavy (non-hydrogen) atoms. The van der Waals surface area contributed by atoms with Crippen LogP contribution in [0.2, 0.25) is 0 Å². The molecule has 3 rings (SSSR count). The van der Waals surface area contributed by atoms with Crippen molar-refractivity contribution in [3.8, 4) is 17.2 Å². The number of hydrogen-bond acceptors (Lipinski definition) is 4. The Labute approximate surface area is 171 Å². The highest BCUT2D eigenvalue weighted by Gasteiger charge is 2.28. The average molecular weight is 401 g/mol. The zero-order chi connectivity index (χ0) is 20.8. The minimum atomic E-state index is -0.255. The van der Waals surface area contributed by atoms with Gasteiger partial charge in [-0.2, -0.15) is 0 Å². The van der Waals surface area contributed by atoms with Gasteiger partial charge in [-0.1, -0.05) is 25.0 Å². The molecule has 1 saturated carbocycles. The lowest BCUT2D eigenvalue weighted by molar-refractivity contribution is 0.0683. The largest absolute Gasteiger partial charge is 0.493 e. The van der Waals surface area contributed by atoms with E-state index in [1.165, 1.54) is 33.5 Å². The molecule has 5 nitrogen and oxygen atoms in total. The van der Waals surface area contributed by atoms with E-state index in [9.17, 15) is 9.18 Å². The van der Waals surface area contributed by atoms with Crippen LogP contribution in [-0.2, 0) is 6.42 Å². The first kappa shape index (κ1) is 21.0. The summed E-state index contributed by atoms with van der Waals surface area (Å²) in [6, 6.07) is 10.1. The van der Waals surface area contributed by atoms with Crippen LogP contribution in [0.5, 0.6) is 17.2 Å². The van der Waals surface area contributed by atoms with Crippen molar-refractivity contribution in [2.45, 2.75) is 38.1 Å². The highest BCUT2D eigenvalue weighted by Crippen LogP contribution is 2.39. The number of amides is 1. The van der Waals surface area contributed by atoms with Crippen molar-refractivity contribution >= 4 is 5.91 Å². The minimum Gasteiger partial charge on any atom is -0.493 e. The molecule has 2 aromatic carbocycles. The predicted octanol–water partition coefficient (Wildman–Crippen LogP) is 4.48. The standard InChI is InChI=1S/C23H28FNO4/c1-27-20-14-17(15-21(28-2)22(20)29-3)23(26)25(19-6-4-5-7-19)13-12-16-8-10-18(24)11-9-16/h8-11,14-15,19H,4-7,12-13H2,1-3H3. The van der Waals surface area contributed by atoms with E-state index in [0.717, 1.165) is 31.2 Å². The molecular weight excluding hydrogens is 373 g/mol. The van der Waals surface area contributed by atoms with Gasteiger partial charge < -0.3 is 19.1 Å². The maximum absolute atomic E-state index is 13.5. The molecule has 6 heteroatoms. The molecule has 0 bridgehead atoms. The second-order valence-corrected chi connectivity index (χ2v) is 7.23. The molecule has 0 radical (unpaired) electrons. The van der Waals surface area contributed by atoms with E-state index >= 15 is 0 Å². The van der Waals surface area contributed by atoms with Crippen molar-refractivity contribution in [3.63, 3.8) is 0 Å². The van der Waals surface area contributed by atoms with Gasteiger partial charge in [0, 0.05) is 18.2 Å². The smallest absolute Gasteiger partial charge is 0.254 e. The Hall–Kier alpha value is -2.76. The second kappa shape index (κ2) is 9.63. The van der Waals surface area contributed by atoms with E-state index < -0.39 is 0 Å². The van der Waals surface area contributed by atoms with Crippen LogP contribution in [0.15, 0.2) is 36.4 Å². The predicted molar refractivity (Wildman–Crippen MR) is 109 cm³/mol. The molecule has 1 aliphatic carbocycles. The zero-order valence-corrected chi connectivity index (χ0v) is 17.2. The molecule has 0 aliphatic heterocycles. The van der Waals surface area contributed by atoms with Crippen LogP contribution in [0.3, 0.4) is 0 Å². The normalized spacial score (nSPS) is 13.9. The van der Waals surface area contributed by atoms with Crippen molar-refractivity contribution in [1.82, 2.24) is 4.90 Å². The highest BCUT2D eigenvalue weighted by atomic mass is 19.1. The van der Waals surface area contributed by atoms with Gasteiger partial charge in [0.1, 0.15) is 5.82 Å². The zero-order valence-electron chi connectivity index (χ0n) is 17.2. The molecule has 156 valence electrons. The number of carbonyl (C=O) groups excluding carboxylic acids is 1. The van der Waals surface area contributed by atoms with Gasteiger partial charge in [-0.25, -0.2) is 4.39 Å². The van der Waals surface area contributed by atoms with Gasteiger partial charge in [-0.3, -0.25) is 4.79 Å². The molecule has 0 N–H and O–H groups in total. The number of carbonyl (C=O) groups is 1. The first-order valence-corrected chi connectivity index (χ1v) is 9.92. The van der Waals surface area contributed by atoms with Gasteiger partial charge in [0.05, 0.1) is 21.3 Å². The number of ether oxygens (including phenoxy) is 3. The number of hydrogen-bond donors (Lipinski definition) is 0. The van der Waals surface area contributed by atoms with Gasteiger partial charge in [-0.05, 0) is 49.1 Å². The van der Waals surface area contributed by atoms with Crippen LogP contribution in [0.25, 0.3) is 0 Å². The first-order chi connectivity index (χ1) is 14.1. The maximum Gasteiger partial charge on any atom is 0.254 e. The minimum absolute atomic E-state index is 0.0572. The van der Waals surface area contributed by atoms with E-state index in [2.05, 4.69) is 0 Å². The Bertz CT molecular complexity index is 806. The molecule has 0 atom stereocenters. The second-order valence-electron chi connectivity index (χ2n) is 7.23. The van der Waals surface area contributed by atoms with Gasteiger partial charge in [0.25, 0.3) is 5.91 Å². The number of nitrogens with zero attached hydrogens (tertiary/aromatic N) is 1. The van der Waals surface area contributed by atoms with Crippen molar-refractivity contribution < 1.29 is 23.4 Å². The van der Waals surface area contributed by atoms with Gasteiger partial charge in [-0.15, -0.1) is 0 Å². The number of halogens is 1. The van der Waals surface area contributed by atoms with E-state index in [1.54, 1.807) is 24.3 Å². The summed E-state index contributed by atoms with van der Waals surface area (Å²) in [5, 5.41) is 0. The van der Waals surface area contributed by atoms with Gasteiger partial charge >= 0.3 is 0 Å². The molecule has 0 spiro atoms. The van der Waals surface area contributed by atoms with Crippen LogP contribution in [0.1, 0.15) is 41.6 Å². The first-order valence-electron chi connectivity index (χ1n) is 9.92. The van der Waals surface area contributed by atoms with Crippen molar-refractivity contribution in [1.29, 1.82) is 0 Å². The third-order valence-corrected chi connectivity index (χ3v) is 5.49. The summed E-state index contributed by atoms with van der Waals surface area (Å²) in [6.07, 6.45) is 4.92. The SMILES string of the molecule is COc1cc(C(=O)N(CCc2ccc(F)cc2)C2CCCC2)cc(OC)c1OC. The molecular formula is C23H28FNO4. The fourth-order valence-electron chi connectivity index (χ4n) is 3.94. The van der Waals surface area contributed by atoms with E-state index in [4.69, 9.17) is 14.2 Å². The van der Waals surface area contributed by atoms with E-state index in [0.29, 0.717) is 35.8 Å². The maximum atomic E-state index is 13.5. The molecule has 1 amide bonds. The van der Waals surface area contributed by atoms with E-state index in [1.807, 2.05) is 4.90 Å². The molecule has 0 heterocycles. The van der Waals surface area contributed by atoms with Crippen LogP contribution < -0.4 is 14.2 Å². The number of methoxy groups -OCH3 is 3. The fraction of sp³-hybridized carbons (Fsp3) is 0.435. The lowest BCUT2D eigenvalue weighted by Gasteiger charge is -2.29. The summed E-state index contributed by atoms with van der Waals surface area (Å²) in [5.41, 5.74) is 1.51. The Balaban J connectivity index is 1.87. The van der Waals surface area contributed by atoms with Crippen LogP contribution in [-0.4, -0.2) is 44.7 Å². The van der Waals surface area contributed by atoms with Crippen LogP contribution in [0.4, 0.5) is 4.39 Å². The summed E-state index contributed by atoms with van der Waals surface area (Å²) in [7, 11) is 4.61. The third-order valence-electron chi connectivity index (χ3n) is 5.49. The lowest BCUT2D eigenvalue weighted by atomic mass is 10.1. The summed E-state index contributed by atoms with van der Waals surface area (Å²) in [5.74, 6) is 1.07. The van der Waals surface area contributed by atoms with Gasteiger partial charge in [0.2, 0.25) is 5.75 Å². The van der Waals surface area contributed by atoms with Gasteiger partial charge in [0.15, 0.2) is 11.5 Å². The molecule has 2 aromatic rings.